The van der Waals surface area contributed by atoms with Crippen molar-refractivity contribution in [1.29, 1.82) is 0 Å². The Bertz CT molecular complexity index is 383. The molecule has 0 spiro atoms. The first-order valence-electron chi connectivity index (χ1n) is 5.08. The number of methoxy groups -OCH3 is 1. The summed E-state index contributed by atoms with van der Waals surface area (Å²) in [5.41, 5.74) is 7.67. The van der Waals surface area contributed by atoms with Crippen LogP contribution < -0.4 is 10.5 Å². The summed E-state index contributed by atoms with van der Waals surface area (Å²) in [7, 11) is 1.59. The lowest BCUT2D eigenvalue weighted by molar-refractivity contribution is 0.112. The highest BCUT2D eigenvalue weighted by atomic mass is 16.5. The van der Waals surface area contributed by atoms with Gasteiger partial charge in [0, 0.05) is 11.1 Å². The number of hydrogen-bond donors (Lipinski definition) is 1. The van der Waals surface area contributed by atoms with Crippen LogP contribution in [0.25, 0.3) is 0 Å². The zero-order valence-corrected chi connectivity index (χ0v) is 8.82. The monoisotopic (exact) mass is 205 g/mol. The number of ether oxygens (including phenoxy) is 1. The Hall–Kier alpha value is -1.35. The standard InChI is InChI=1S/C12H15NO2/c1-15-11-3-2-9(10(6-11)8-14)7-12(13)4-5-12/h2-3,6,8H,4-5,7,13H2,1H3. The lowest BCUT2D eigenvalue weighted by Crippen LogP contribution is -2.25. The highest BCUT2D eigenvalue weighted by molar-refractivity contribution is 5.78. The molecular formula is C12H15NO2. The molecular weight excluding hydrogens is 190 g/mol. The average Bonchev–Trinajstić information content (AvgIpc) is 2.97. The van der Waals surface area contributed by atoms with Crippen molar-refractivity contribution in [2.75, 3.05) is 7.11 Å². The van der Waals surface area contributed by atoms with Crippen molar-refractivity contribution in [2.24, 2.45) is 5.73 Å². The van der Waals surface area contributed by atoms with E-state index in [0.29, 0.717) is 11.3 Å². The van der Waals surface area contributed by atoms with Gasteiger partial charge in [-0.3, -0.25) is 4.79 Å². The molecule has 0 aromatic heterocycles. The van der Waals surface area contributed by atoms with E-state index in [-0.39, 0.29) is 5.54 Å². The van der Waals surface area contributed by atoms with Crippen molar-refractivity contribution in [2.45, 2.75) is 24.8 Å². The summed E-state index contributed by atoms with van der Waals surface area (Å²) in [5.74, 6) is 0.711. The number of aldehydes is 1. The summed E-state index contributed by atoms with van der Waals surface area (Å²) in [6.07, 6.45) is 3.75. The summed E-state index contributed by atoms with van der Waals surface area (Å²) in [6, 6.07) is 5.55. The zero-order chi connectivity index (χ0) is 10.9. The van der Waals surface area contributed by atoms with Crippen LogP contribution >= 0.6 is 0 Å². The van der Waals surface area contributed by atoms with Crippen LogP contribution in [0.2, 0.25) is 0 Å². The molecule has 1 fully saturated rings. The minimum absolute atomic E-state index is 0.0631. The molecule has 1 aromatic rings. The van der Waals surface area contributed by atoms with Gasteiger partial charge in [0.2, 0.25) is 0 Å². The van der Waals surface area contributed by atoms with Crippen LogP contribution in [0.5, 0.6) is 5.75 Å². The second-order valence-electron chi connectivity index (χ2n) is 4.22. The van der Waals surface area contributed by atoms with Crippen LogP contribution in [-0.2, 0) is 6.42 Å². The van der Waals surface area contributed by atoms with Gasteiger partial charge in [-0.05, 0) is 37.0 Å². The lowest BCUT2D eigenvalue weighted by Gasteiger charge is -2.11. The molecule has 1 aliphatic rings. The Balaban J connectivity index is 2.26. The van der Waals surface area contributed by atoms with Crippen LogP contribution in [-0.4, -0.2) is 18.9 Å². The largest absolute Gasteiger partial charge is 0.497 e. The Kier molecular flexibility index (Phi) is 2.49. The van der Waals surface area contributed by atoms with Gasteiger partial charge in [-0.15, -0.1) is 0 Å². The molecule has 0 radical (unpaired) electrons. The first-order valence-corrected chi connectivity index (χ1v) is 5.08. The maximum atomic E-state index is 10.9. The predicted octanol–water partition coefficient (Wildman–Crippen LogP) is 1.54. The van der Waals surface area contributed by atoms with Crippen LogP contribution in [0.1, 0.15) is 28.8 Å². The third kappa shape index (κ3) is 2.18. The fraction of sp³-hybridized carbons (Fsp3) is 0.417. The molecule has 0 saturated heterocycles. The minimum Gasteiger partial charge on any atom is -0.497 e. The molecule has 1 saturated carbocycles. The SMILES string of the molecule is COc1ccc(CC2(N)CC2)c(C=O)c1. The van der Waals surface area contributed by atoms with Crippen molar-refractivity contribution in [3.05, 3.63) is 29.3 Å². The van der Waals surface area contributed by atoms with Gasteiger partial charge in [-0.2, -0.15) is 0 Å². The number of carbonyl (C=O) groups excluding carboxylic acids is 1. The first-order chi connectivity index (χ1) is 7.17. The van der Waals surface area contributed by atoms with Crippen LogP contribution in [0.4, 0.5) is 0 Å². The van der Waals surface area contributed by atoms with Gasteiger partial charge in [0.15, 0.2) is 0 Å². The summed E-state index contributed by atoms with van der Waals surface area (Å²) in [5, 5.41) is 0. The van der Waals surface area contributed by atoms with Gasteiger partial charge in [0.1, 0.15) is 12.0 Å². The van der Waals surface area contributed by atoms with Crippen molar-refractivity contribution in [3.63, 3.8) is 0 Å². The maximum absolute atomic E-state index is 10.9. The summed E-state index contributed by atoms with van der Waals surface area (Å²) in [6.45, 7) is 0. The molecule has 2 rings (SSSR count). The molecule has 2 N–H and O–H groups in total. The molecule has 3 nitrogen and oxygen atoms in total. The van der Waals surface area contributed by atoms with Crippen molar-refractivity contribution < 1.29 is 9.53 Å². The third-order valence-electron chi connectivity index (χ3n) is 2.91. The molecule has 1 aromatic carbocycles. The maximum Gasteiger partial charge on any atom is 0.150 e. The molecule has 15 heavy (non-hydrogen) atoms. The fourth-order valence-electron chi connectivity index (χ4n) is 1.69. The summed E-state index contributed by atoms with van der Waals surface area (Å²) >= 11 is 0. The first kappa shape index (κ1) is 10.2. The molecule has 0 unspecified atom stereocenters. The van der Waals surface area contributed by atoms with Gasteiger partial charge in [0.25, 0.3) is 0 Å². The van der Waals surface area contributed by atoms with E-state index >= 15 is 0 Å². The van der Waals surface area contributed by atoms with Crippen LogP contribution in [0, 0.1) is 0 Å². The number of rotatable bonds is 4. The number of nitrogens with two attached hydrogens (primary N) is 1. The van der Waals surface area contributed by atoms with E-state index in [4.69, 9.17) is 10.5 Å². The quantitative estimate of drug-likeness (QED) is 0.758. The van der Waals surface area contributed by atoms with Crippen molar-refractivity contribution in [1.82, 2.24) is 0 Å². The molecule has 0 bridgehead atoms. The van der Waals surface area contributed by atoms with Gasteiger partial charge in [0.05, 0.1) is 7.11 Å². The van der Waals surface area contributed by atoms with E-state index in [9.17, 15) is 4.79 Å². The van der Waals surface area contributed by atoms with E-state index in [1.54, 1.807) is 13.2 Å². The van der Waals surface area contributed by atoms with E-state index < -0.39 is 0 Å². The van der Waals surface area contributed by atoms with Gasteiger partial charge in [-0.25, -0.2) is 0 Å². The van der Waals surface area contributed by atoms with Gasteiger partial charge in [-0.1, -0.05) is 6.07 Å². The van der Waals surface area contributed by atoms with Crippen molar-refractivity contribution in [3.8, 4) is 5.75 Å². The van der Waals surface area contributed by atoms with Crippen molar-refractivity contribution >= 4 is 6.29 Å². The normalized spacial score (nSPS) is 17.2. The second kappa shape index (κ2) is 3.66. The topological polar surface area (TPSA) is 52.3 Å². The smallest absolute Gasteiger partial charge is 0.150 e. The molecule has 0 atom stereocenters. The number of benzene rings is 1. The molecule has 0 amide bonds. The highest BCUT2D eigenvalue weighted by Crippen LogP contribution is 2.36. The van der Waals surface area contributed by atoms with E-state index in [1.165, 1.54) is 0 Å². The van der Waals surface area contributed by atoms with Gasteiger partial charge >= 0.3 is 0 Å². The molecule has 1 aliphatic carbocycles. The average molecular weight is 205 g/mol. The van der Waals surface area contributed by atoms with E-state index in [2.05, 4.69) is 0 Å². The summed E-state index contributed by atoms with van der Waals surface area (Å²) < 4.78 is 5.07. The molecule has 80 valence electrons. The van der Waals surface area contributed by atoms with Gasteiger partial charge < -0.3 is 10.5 Å². The third-order valence-corrected chi connectivity index (χ3v) is 2.91. The summed E-state index contributed by atoms with van der Waals surface area (Å²) in [4.78, 5) is 10.9. The Morgan fingerprint density at radius 3 is 2.80 bits per heavy atom. The fourth-order valence-corrected chi connectivity index (χ4v) is 1.69. The van der Waals surface area contributed by atoms with Crippen LogP contribution in [0.15, 0.2) is 18.2 Å². The second-order valence-corrected chi connectivity index (χ2v) is 4.22. The Morgan fingerprint density at radius 1 is 1.53 bits per heavy atom. The predicted molar refractivity (Wildman–Crippen MR) is 58.2 cm³/mol. The number of hydrogen-bond acceptors (Lipinski definition) is 3. The zero-order valence-electron chi connectivity index (χ0n) is 8.82. The molecule has 3 heteroatoms. The van der Waals surface area contributed by atoms with E-state index in [1.807, 2.05) is 12.1 Å². The number of carbonyl (C=O) groups is 1. The lowest BCUT2D eigenvalue weighted by atomic mass is 10.00. The minimum atomic E-state index is -0.0631. The molecule has 0 aliphatic heterocycles. The molecule has 0 heterocycles. The van der Waals surface area contributed by atoms with E-state index in [0.717, 1.165) is 31.1 Å². The van der Waals surface area contributed by atoms with Crippen LogP contribution in [0.3, 0.4) is 0 Å². The highest BCUT2D eigenvalue weighted by Gasteiger charge is 2.38. The Labute approximate surface area is 89.2 Å². The Morgan fingerprint density at radius 2 is 2.27 bits per heavy atom.